The topological polar surface area (TPSA) is 103 Å². The lowest BCUT2D eigenvalue weighted by molar-refractivity contribution is 0.206. The highest BCUT2D eigenvalue weighted by Gasteiger charge is 2.39. The van der Waals surface area contributed by atoms with Crippen LogP contribution < -0.4 is 9.62 Å². The third kappa shape index (κ3) is 4.78. The van der Waals surface area contributed by atoms with Gasteiger partial charge >= 0.3 is 6.09 Å². The van der Waals surface area contributed by atoms with Crippen molar-refractivity contribution in [2.45, 2.75) is 55.8 Å². The molecule has 37 heavy (non-hydrogen) atoms. The van der Waals surface area contributed by atoms with Gasteiger partial charge in [-0.05, 0) is 49.4 Å². The van der Waals surface area contributed by atoms with Crippen molar-refractivity contribution in [1.82, 2.24) is 9.88 Å². The maximum atomic E-state index is 15.2. The van der Waals surface area contributed by atoms with Crippen LogP contribution in [-0.4, -0.2) is 41.6 Å². The molecule has 1 amide bonds. The average molecular weight is 569 g/mol. The summed E-state index contributed by atoms with van der Waals surface area (Å²) in [5.74, 6) is -2.11. The van der Waals surface area contributed by atoms with Crippen molar-refractivity contribution in [2.24, 2.45) is 0 Å². The van der Waals surface area contributed by atoms with Crippen LogP contribution >= 0.6 is 22.9 Å². The van der Waals surface area contributed by atoms with E-state index in [1.165, 1.54) is 23.0 Å². The number of anilines is 2. The quantitative estimate of drug-likeness (QED) is 0.360. The molecule has 13 heteroatoms. The predicted octanol–water partition coefficient (Wildman–Crippen LogP) is 5.69. The van der Waals surface area contributed by atoms with Gasteiger partial charge in [-0.25, -0.2) is 27.0 Å². The summed E-state index contributed by atoms with van der Waals surface area (Å²) in [6.07, 6.45) is 2.76. The Morgan fingerprint density at radius 1 is 1.19 bits per heavy atom. The fourth-order valence-corrected chi connectivity index (χ4v) is 7.39. The van der Waals surface area contributed by atoms with Crippen molar-refractivity contribution in [2.75, 3.05) is 9.62 Å². The Balaban J connectivity index is 1.39. The van der Waals surface area contributed by atoms with E-state index in [1.54, 1.807) is 6.07 Å². The SMILES string of the molecule is O=C(O)N(c1cscn1)S(=O)(=O)c1ccc(NCc2c(F)cccc2CN2C3CCC2CC3)c(Cl)c1F. The van der Waals surface area contributed by atoms with Gasteiger partial charge in [-0.15, -0.1) is 15.6 Å². The molecule has 0 aliphatic carbocycles. The standard InChI is InChI=1S/C24H23ClF2N4O4S2/c25-22-19(8-9-20(23(22)27)37(34,35)31(24(32)33)21-12-36-13-29-21)28-10-17-14(2-1-3-18(17)26)11-30-15-4-5-16(30)7-6-15/h1-3,8-9,12-13,15-16,28H,4-7,10-11H2,(H,32,33). The van der Waals surface area contributed by atoms with Gasteiger partial charge in [0.15, 0.2) is 11.6 Å². The summed E-state index contributed by atoms with van der Waals surface area (Å²) in [6, 6.07) is 8.06. The Bertz CT molecular complexity index is 1420. The molecule has 2 bridgehead atoms. The summed E-state index contributed by atoms with van der Waals surface area (Å²) < 4.78 is 56.0. The third-order valence-corrected chi connectivity index (χ3v) is 9.63. The van der Waals surface area contributed by atoms with Gasteiger partial charge in [0.1, 0.15) is 15.7 Å². The van der Waals surface area contributed by atoms with Crippen molar-refractivity contribution < 1.29 is 27.1 Å². The van der Waals surface area contributed by atoms with Crippen LogP contribution in [0, 0.1) is 11.6 Å². The van der Waals surface area contributed by atoms with Gasteiger partial charge in [0.25, 0.3) is 10.0 Å². The van der Waals surface area contributed by atoms with Gasteiger partial charge in [-0.2, -0.15) is 0 Å². The van der Waals surface area contributed by atoms with Gasteiger partial charge in [0.05, 0.1) is 11.2 Å². The number of hydrogen-bond donors (Lipinski definition) is 2. The number of amides is 1. The second-order valence-corrected chi connectivity index (χ2v) is 11.9. The summed E-state index contributed by atoms with van der Waals surface area (Å²) >= 11 is 7.14. The molecule has 2 N–H and O–H groups in total. The van der Waals surface area contributed by atoms with Crippen molar-refractivity contribution in [3.05, 3.63) is 69.0 Å². The Kier molecular flexibility index (Phi) is 7.10. The van der Waals surface area contributed by atoms with Crippen LogP contribution in [-0.2, 0) is 23.1 Å². The van der Waals surface area contributed by atoms with Crippen LogP contribution in [0.1, 0.15) is 36.8 Å². The molecule has 2 fully saturated rings. The first-order valence-electron chi connectivity index (χ1n) is 11.6. The number of sulfonamides is 1. The molecule has 3 heterocycles. The zero-order valence-electron chi connectivity index (χ0n) is 19.4. The second kappa shape index (κ2) is 10.2. The molecule has 2 aliphatic heterocycles. The molecule has 2 aliphatic rings. The van der Waals surface area contributed by atoms with Crippen molar-refractivity contribution in [3.8, 4) is 0 Å². The smallest absolute Gasteiger partial charge is 0.427 e. The van der Waals surface area contributed by atoms with E-state index in [4.69, 9.17) is 11.6 Å². The van der Waals surface area contributed by atoms with Gasteiger partial charge in [0, 0.05) is 36.1 Å². The summed E-state index contributed by atoms with van der Waals surface area (Å²) in [7, 11) is -4.87. The molecule has 8 nitrogen and oxygen atoms in total. The molecular formula is C24H23ClF2N4O4S2. The van der Waals surface area contributed by atoms with Crippen LogP contribution in [0.5, 0.6) is 0 Å². The van der Waals surface area contributed by atoms with E-state index in [1.807, 2.05) is 6.07 Å². The fraction of sp³-hybridized carbons (Fsp3) is 0.333. The van der Waals surface area contributed by atoms with E-state index < -0.39 is 37.7 Å². The number of halogens is 3. The Morgan fingerprint density at radius 2 is 1.89 bits per heavy atom. The van der Waals surface area contributed by atoms with E-state index in [2.05, 4.69) is 15.2 Å². The number of rotatable bonds is 8. The summed E-state index contributed by atoms with van der Waals surface area (Å²) in [6.45, 7) is 0.613. The molecular weight excluding hydrogens is 546 g/mol. The minimum absolute atomic E-state index is 0.00346. The average Bonchev–Trinajstić information content (AvgIpc) is 3.59. The Hall–Kier alpha value is -2.80. The maximum Gasteiger partial charge on any atom is 0.427 e. The number of carbonyl (C=O) groups is 1. The molecule has 0 atom stereocenters. The highest BCUT2D eigenvalue weighted by Crippen LogP contribution is 2.39. The minimum Gasteiger partial charge on any atom is -0.464 e. The lowest BCUT2D eigenvalue weighted by Crippen LogP contribution is -2.36. The van der Waals surface area contributed by atoms with Gasteiger partial charge in [0.2, 0.25) is 0 Å². The van der Waals surface area contributed by atoms with Gasteiger partial charge in [-0.1, -0.05) is 23.7 Å². The number of benzene rings is 2. The first-order valence-corrected chi connectivity index (χ1v) is 14.3. The fourth-order valence-electron chi connectivity index (χ4n) is 5.20. The number of thiazole rings is 1. The lowest BCUT2D eigenvalue weighted by Gasteiger charge is -2.23. The molecule has 0 radical (unpaired) electrons. The highest BCUT2D eigenvalue weighted by atomic mass is 35.5. The molecule has 0 spiro atoms. The zero-order chi connectivity index (χ0) is 26.3. The van der Waals surface area contributed by atoms with Crippen LogP contribution in [0.3, 0.4) is 0 Å². The lowest BCUT2D eigenvalue weighted by atomic mass is 10.0. The number of carboxylic acid groups (broad SMARTS) is 1. The second-order valence-electron chi connectivity index (χ2n) is 9.00. The van der Waals surface area contributed by atoms with Crippen molar-refractivity contribution in [1.29, 1.82) is 0 Å². The summed E-state index contributed by atoms with van der Waals surface area (Å²) in [4.78, 5) is 16.9. The normalized spacial score (nSPS) is 19.3. The first kappa shape index (κ1) is 25.8. The molecule has 5 rings (SSSR count). The monoisotopic (exact) mass is 568 g/mol. The molecule has 0 unspecified atom stereocenters. The van der Waals surface area contributed by atoms with Crippen molar-refractivity contribution >= 4 is 50.6 Å². The molecule has 3 aromatic rings. The summed E-state index contributed by atoms with van der Waals surface area (Å²) in [5, 5.41) is 13.0. The first-order chi connectivity index (χ1) is 17.7. The van der Waals surface area contributed by atoms with Crippen LogP contribution in [0.25, 0.3) is 0 Å². The van der Waals surface area contributed by atoms with Crippen LogP contribution in [0.2, 0.25) is 5.02 Å². The number of aromatic nitrogens is 1. The number of fused-ring (bicyclic) bond motifs is 2. The third-order valence-electron chi connectivity index (χ3n) is 6.99. The van der Waals surface area contributed by atoms with Crippen molar-refractivity contribution in [3.63, 3.8) is 0 Å². The van der Waals surface area contributed by atoms with Crippen LogP contribution in [0.15, 0.2) is 46.1 Å². The molecule has 196 valence electrons. The minimum atomic E-state index is -4.87. The number of nitrogens with one attached hydrogen (secondary N) is 1. The number of hydrogen-bond acceptors (Lipinski definition) is 7. The highest BCUT2D eigenvalue weighted by molar-refractivity contribution is 7.93. The van der Waals surface area contributed by atoms with E-state index in [-0.39, 0.29) is 22.4 Å². The van der Waals surface area contributed by atoms with Gasteiger partial charge < -0.3 is 10.4 Å². The van der Waals surface area contributed by atoms with E-state index in [0.29, 0.717) is 24.2 Å². The number of nitrogens with zero attached hydrogens (tertiary/aromatic N) is 3. The largest absolute Gasteiger partial charge is 0.464 e. The molecule has 1 aromatic heterocycles. The summed E-state index contributed by atoms with van der Waals surface area (Å²) in [5.41, 5.74) is 2.54. The maximum absolute atomic E-state index is 15.2. The van der Waals surface area contributed by atoms with E-state index in [0.717, 1.165) is 48.6 Å². The molecule has 0 saturated carbocycles. The Morgan fingerprint density at radius 3 is 2.51 bits per heavy atom. The zero-order valence-corrected chi connectivity index (χ0v) is 21.8. The van der Waals surface area contributed by atoms with Gasteiger partial charge in [-0.3, -0.25) is 4.90 Å². The molecule has 2 aromatic carbocycles. The Labute approximate surface area is 221 Å². The van der Waals surface area contributed by atoms with E-state index >= 15 is 4.39 Å². The predicted molar refractivity (Wildman–Crippen MR) is 137 cm³/mol. The molecule has 2 saturated heterocycles. The van der Waals surface area contributed by atoms with Crippen LogP contribution in [0.4, 0.5) is 25.1 Å². The van der Waals surface area contributed by atoms with E-state index in [9.17, 15) is 22.7 Å².